The van der Waals surface area contributed by atoms with Crippen molar-refractivity contribution >= 4 is 5.97 Å². The average molecular weight is 173 g/mol. The summed E-state index contributed by atoms with van der Waals surface area (Å²) in [5.74, 6) is -0.417. The second kappa shape index (κ2) is 4.42. The first kappa shape index (κ1) is 9.48. The lowest BCUT2D eigenvalue weighted by molar-refractivity contribution is -0.140. The van der Waals surface area contributed by atoms with Crippen LogP contribution in [0.3, 0.4) is 0 Å². The summed E-state index contributed by atoms with van der Waals surface area (Å²) >= 11 is 0. The van der Waals surface area contributed by atoms with Crippen molar-refractivity contribution in [2.45, 2.75) is 18.9 Å². The number of nitrogens with one attached hydrogen (secondary N) is 1. The van der Waals surface area contributed by atoms with E-state index in [0.29, 0.717) is 5.92 Å². The molecule has 2 unspecified atom stereocenters. The van der Waals surface area contributed by atoms with Gasteiger partial charge in [-0.15, -0.1) is 0 Å². The zero-order chi connectivity index (χ0) is 8.97. The second-order valence-electron chi connectivity index (χ2n) is 3.12. The Balaban J connectivity index is 2.37. The molecule has 4 nitrogen and oxygen atoms in total. The number of carboxylic acids is 1. The van der Waals surface area contributed by atoms with Crippen LogP contribution in [0.4, 0.5) is 0 Å². The first-order valence-corrected chi connectivity index (χ1v) is 4.19. The van der Waals surface area contributed by atoms with E-state index >= 15 is 0 Å². The molecule has 12 heavy (non-hydrogen) atoms. The SMILES string of the molecule is COC(CC(=O)O)C1CCNC1. The Hall–Kier alpha value is -0.610. The maximum Gasteiger partial charge on any atom is 0.305 e. The fourth-order valence-corrected chi connectivity index (χ4v) is 1.61. The average Bonchev–Trinajstić information content (AvgIpc) is 2.51. The molecular formula is C8H15NO3. The molecule has 1 aliphatic rings. The highest BCUT2D eigenvalue weighted by Crippen LogP contribution is 2.17. The van der Waals surface area contributed by atoms with Crippen LogP contribution in [0, 0.1) is 5.92 Å². The van der Waals surface area contributed by atoms with Crippen molar-refractivity contribution in [1.82, 2.24) is 5.32 Å². The van der Waals surface area contributed by atoms with E-state index in [1.807, 2.05) is 0 Å². The number of rotatable bonds is 4. The molecule has 2 N–H and O–H groups in total. The summed E-state index contributed by atoms with van der Waals surface area (Å²) in [5, 5.41) is 11.8. The van der Waals surface area contributed by atoms with Gasteiger partial charge < -0.3 is 15.2 Å². The number of hydrogen-bond acceptors (Lipinski definition) is 3. The normalized spacial score (nSPS) is 25.6. The molecule has 1 saturated heterocycles. The number of methoxy groups -OCH3 is 1. The van der Waals surface area contributed by atoms with Crippen molar-refractivity contribution in [2.24, 2.45) is 5.92 Å². The van der Waals surface area contributed by atoms with E-state index in [0.717, 1.165) is 19.5 Å². The van der Waals surface area contributed by atoms with Gasteiger partial charge in [0.1, 0.15) is 0 Å². The predicted octanol–water partition coefficient (Wildman–Crippen LogP) is 0.0856. The summed E-state index contributed by atoms with van der Waals surface area (Å²) in [4.78, 5) is 10.4. The highest BCUT2D eigenvalue weighted by Gasteiger charge is 2.26. The van der Waals surface area contributed by atoms with Crippen LogP contribution in [0.15, 0.2) is 0 Å². The van der Waals surface area contributed by atoms with E-state index < -0.39 is 5.97 Å². The Morgan fingerprint density at radius 2 is 2.58 bits per heavy atom. The van der Waals surface area contributed by atoms with Crippen LogP contribution in [0.2, 0.25) is 0 Å². The highest BCUT2D eigenvalue weighted by molar-refractivity contribution is 5.67. The summed E-state index contributed by atoms with van der Waals surface area (Å²) < 4.78 is 5.12. The molecule has 1 heterocycles. The van der Waals surface area contributed by atoms with Gasteiger partial charge in [-0.05, 0) is 18.9 Å². The van der Waals surface area contributed by atoms with Crippen molar-refractivity contribution in [3.8, 4) is 0 Å². The minimum atomic E-state index is -0.784. The van der Waals surface area contributed by atoms with Crippen LogP contribution >= 0.6 is 0 Å². The molecule has 0 aliphatic carbocycles. The van der Waals surface area contributed by atoms with Crippen LogP contribution in [0.5, 0.6) is 0 Å². The van der Waals surface area contributed by atoms with E-state index in [-0.39, 0.29) is 12.5 Å². The van der Waals surface area contributed by atoms with Crippen molar-refractivity contribution in [3.05, 3.63) is 0 Å². The Labute approximate surface area is 71.9 Å². The van der Waals surface area contributed by atoms with Gasteiger partial charge in [-0.25, -0.2) is 0 Å². The van der Waals surface area contributed by atoms with Gasteiger partial charge in [0, 0.05) is 13.7 Å². The molecule has 1 fully saturated rings. The van der Waals surface area contributed by atoms with Crippen molar-refractivity contribution in [3.63, 3.8) is 0 Å². The van der Waals surface area contributed by atoms with E-state index in [2.05, 4.69) is 5.32 Å². The molecule has 0 bridgehead atoms. The summed E-state index contributed by atoms with van der Waals surface area (Å²) in [6.45, 7) is 1.86. The van der Waals surface area contributed by atoms with Gasteiger partial charge >= 0.3 is 5.97 Å². The lowest BCUT2D eigenvalue weighted by atomic mass is 9.99. The van der Waals surface area contributed by atoms with Gasteiger partial charge in [0.15, 0.2) is 0 Å². The number of ether oxygens (including phenoxy) is 1. The molecule has 0 radical (unpaired) electrons. The van der Waals surface area contributed by atoms with Crippen LogP contribution in [0.25, 0.3) is 0 Å². The fraction of sp³-hybridized carbons (Fsp3) is 0.875. The number of aliphatic carboxylic acids is 1. The molecule has 0 aromatic carbocycles. The first-order valence-electron chi connectivity index (χ1n) is 4.19. The fourth-order valence-electron chi connectivity index (χ4n) is 1.61. The van der Waals surface area contributed by atoms with E-state index in [9.17, 15) is 4.79 Å². The number of carboxylic acid groups (broad SMARTS) is 1. The summed E-state index contributed by atoms with van der Waals surface area (Å²) in [6, 6.07) is 0. The topological polar surface area (TPSA) is 58.6 Å². The molecule has 0 aromatic rings. The Bertz CT molecular complexity index is 154. The molecule has 0 spiro atoms. The van der Waals surface area contributed by atoms with E-state index in [1.165, 1.54) is 0 Å². The van der Waals surface area contributed by atoms with Gasteiger partial charge in [-0.3, -0.25) is 4.79 Å². The Morgan fingerprint density at radius 1 is 1.83 bits per heavy atom. The lowest BCUT2D eigenvalue weighted by Crippen LogP contribution is -2.27. The molecule has 0 aromatic heterocycles. The van der Waals surface area contributed by atoms with Crippen molar-refractivity contribution in [1.29, 1.82) is 0 Å². The predicted molar refractivity (Wildman–Crippen MR) is 44.0 cm³/mol. The molecule has 1 rings (SSSR count). The minimum Gasteiger partial charge on any atom is -0.481 e. The van der Waals surface area contributed by atoms with Crippen LogP contribution in [-0.4, -0.2) is 37.4 Å². The zero-order valence-electron chi connectivity index (χ0n) is 7.25. The molecule has 70 valence electrons. The van der Waals surface area contributed by atoms with Crippen molar-refractivity contribution < 1.29 is 14.6 Å². The van der Waals surface area contributed by atoms with Crippen LogP contribution in [0.1, 0.15) is 12.8 Å². The molecule has 2 atom stereocenters. The van der Waals surface area contributed by atoms with Gasteiger partial charge in [-0.2, -0.15) is 0 Å². The minimum absolute atomic E-state index is 0.114. The van der Waals surface area contributed by atoms with Gasteiger partial charge in [-0.1, -0.05) is 0 Å². The molecule has 0 saturated carbocycles. The highest BCUT2D eigenvalue weighted by atomic mass is 16.5. The molecule has 0 amide bonds. The maximum atomic E-state index is 10.4. The van der Waals surface area contributed by atoms with Crippen molar-refractivity contribution in [2.75, 3.05) is 20.2 Å². The standard InChI is InChI=1S/C8H15NO3/c1-12-7(4-8(10)11)6-2-3-9-5-6/h6-7,9H,2-5H2,1H3,(H,10,11). The maximum absolute atomic E-state index is 10.4. The Kier molecular flexibility index (Phi) is 3.49. The van der Waals surface area contributed by atoms with Crippen LogP contribution in [-0.2, 0) is 9.53 Å². The molecule has 4 heteroatoms. The Morgan fingerprint density at radius 3 is 3.00 bits per heavy atom. The lowest BCUT2D eigenvalue weighted by Gasteiger charge is -2.18. The van der Waals surface area contributed by atoms with E-state index in [4.69, 9.17) is 9.84 Å². The number of hydrogen-bond donors (Lipinski definition) is 2. The molecular weight excluding hydrogens is 158 g/mol. The number of carbonyl (C=O) groups is 1. The third-order valence-corrected chi connectivity index (χ3v) is 2.30. The summed E-state index contributed by atoms with van der Waals surface area (Å²) in [5.41, 5.74) is 0. The molecule has 1 aliphatic heterocycles. The second-order valence-corrected chi connectivity index (χ2v) is 3.12. The van der Waals surface area contributed by atoms with Gasteiger partial charge in [0.2, 0.25) is 0 Å². The summed E-state index contributed by atoms with van der Waals surface area (Å²) in [6.07, 6.45) is 1.01. The summed E-state index contributed by atoms with van der Waals surface area (Å²) in [7, 11) is 1.58. The monoisotopic (exact) mass is 173 g/mol. The van der Waals surface area contributed by atoms with Gasteiger partial charge in [0.05, 0.1) is 12.5 Å². The quantitative estimate of drug-likeness (QED) is 0.632. The zero-order valence-corrected chi connectivity index (χ0v) is 7.25. The van der Waals surface area contributed by atoms with Gasteiger partial charge in [0.25, 0.3) is 0 Å². The third kappa shape index (κ3) is 2.46. The third-order valence-electron chi connectivity index (χ3n) is 2.30. The first-order chi connectivity index (χ1) is 5.74. The smallest absolute Gasteiger partial charge is 0.305 e. The van der Waals surface area contributed by atoms with E-state index in [1.54, 1.807) is 7.11 Å². The van der Waals surface area contributed by atoms with Crippen LogP contribution < -0.4 is 5.32 Å². The largest absolute Gasteiger partial charge is 0.481 e.